The zero-order valence-electron chi connectivity index (χ0n) is 16.6. The topological polar surface area (TPSA) is 90.8 Å². The van der Waals surface area contributed by atoms with Gasteiger partial charge >= 0.3 is 5.97 Å². The third-order valence-corrected chi connectivity index (χ3v) is 6.05. The summed E-state index contributed by atoms with van der Waals surface area (Å²) in [5, 5.41) is 9.94. The minimum atomic E-state index is -0.803. The van der Waals surface area contributed by atoms with Crippen LogP contribution in [0.5, 0.6) is 0 Å². The van der Waals surface area contributed by atoms with Gasteiger partial charge in [0, 0.05) is 31.2 Å². The van der Waals surface area contributed by atoms with E-state index in [0.29, 0.717) is 31.5 Å². The molecular weight excluding hydrogens is 370 g/mol. The number of fused-ring (bicyclic) bond motifs is 2. The average molecular weight is 395 g/mol. The van der Waals surface area contributed by atoms with Crippen molar-refractivity contribution < 1.29 is 19.5 Å². The molecule has 1 fully saturated rings. The number of rotatable bonds is 4. The number of likely N-dealkylation sites (N-methyl/N-ethyl adjacent to an activating group) is 1. The van der Waals surface area contributed by atoms with Crippen molar-refractivity contribution in [1.29, 1.82) is 0 Å². The summed E-state index contributed by atoms with van der Waals surface area (Å²) in [7, 11) is 1.65. The Morgan fingerprint density at radius 2 is 1.90 bits per heavy atom. The maximum Gasteiger partial charge on any atom is 0.306 e. The molecule has 0 radical (unpaired) electrons. The summed E-state index contributed by atoms with van der Waals surface area (Å²) in [4.78, 5) is 45.0. The zero-order valence-corrected chi connectivity index (χ0v) is 16.6. The summed E-state index contributed by atoms with van der Waals surface area (Å²) in [6, 6.07) is 7.65. The van der Waals surface area contributed by atoms with Gasteiger partial charge in [-0.2, -0.15) is 0 Å². The second kappa shape index (κ2) is 7.81. The molecule has 1 N–H and O–H groups in total. The normalized spacial score (nSPS) is 16.7. The van der Waals surface area contributed by atoms with Crippen LogP contribution in [0.25, 0.3) is 10.9 Å². The van der Waals surface area contributed by atoms with E-state index in [1.54, 1.807) is 11.9 Å². The number of nitrogens with zero attached hydrogens (tertiary/aromatic N) is 3. The molecule has 1 aliphatic carbocycles. The SMILES string of the molecule is CN(CC(=O)N1CCC(C(=O)O)CC1)C(=O)c1c2c(nc3ccccc13)CCC2. The Labute approximate surface area is 169 Å². The van der Waals surface area contributed by atoms with Crippen LogP contribution in [0.4, 0.5) is 0 Å². The van der Waals surface area contributed by atoms with E-state index in [2.05, 4.69) is 0 Å². The number of amides is 2. The van der Waals surface area contributed by atoms with E-state index in [9.17, 15) is 14.4 Å². The number of hydrogen-bond donors (Lipinski definition) is 1. The minimum absolute atomic E-state index is 0.0119. The van der Waals surface area contributed by atoms with Gasteiger partial charge in [0.15, 0.2) is 0 Å². The summed E-state index contributed by atoms with van der Waals surface area (Å²) in [5.74, 6) is -1.48. The monoisotopic (exact) mass is 395 g/mol. The average Bonchev–Trinajstić information content (AvgIpc) is 3.19. The highest BCUT2D eigenvalue weighted by molar-refractivity contribution is 6.08. The predicted molar refractivity (Wildman–Crippen MR) is 108 cm³/mol. The smallest absolute Gasteiger partial charge is 0.306 e. The summed E-state index contributed by atoms with van der Waals surface area (Å²) in [6.45, 7) is 0.832. The third kappa shape index (κ3) is 3.69. The maximum atomic E-state index is 13.3. The highest BCUT2D eigenvalue weighted by Crippen LogP contribution is 2.30. The van der Waals surface area contributed by atoms with E-state index in [0.717, 1.165) is 41.4 Å². The highest BCUT2D eigenvalue weighted by atomic mass is 16.4. The first-order valence-electron chi connectivity index (χ1n) is 10.1. The van der Waals surface area contributed by atoms with E-state index in [4.69, 9.17) is 10.1 Å². The van der Waals surface area contributed by atoms with Crippen LogP contribution in [-0.4, -0.2) is 64.4 Å². The van der Waals surface area contributed by atoms with Gasteiger partial charge < -0.3 is 14.9 Å². The van der Waals surface area contributed by atoms with Gasteiger partial charge in [0.25, 0.3) is 5.91 Å². The van der Waals surface area contributed by atoms with Gasteiger partial charge in [0.1, 0.15) is 0 Å². The molecule has 29 heavy (non-hydrogen) atoms. The molecule has 1 aromatic heterocycles. The van der Waals surface area contributed by atoms with Crippen molar-refractivity contribution in [3.63, 3.8) is 0 Å². The number of benzene rings is 1. The van der Waals surface area contributed by atoms with Gasteiger partial charge in [-0.15, -0.1) is 0 Å². The number of hydrogen-bond acceptors (Lipinski definition) is 4. The summed E-state index contributed by atoms with van der Waals surface area (Å²) in [6.07, 6.45) is 3.61. The molecule has 0 atom stereocenters. The van der Waals surface area contributed by atoms with Crippen molar-refractivity contribution in [2.24, 2.45) is 5.92 Å². The fourth-order valence-electron chi connectivity index (χ4n) is 4.40. The lowest BCUT2D eigenvalue weighted by atomic mass is 9.97. The molecule has 0 unspecified atom stereocenters. The number of aryl methyl sites for hydroxylation is 1. The van der Waals surface area contributed by atoms with Gasteiger partial charge in [-0.3, -0.25) is 19.4 Å². The quantitative estimate of drug-likeness (QED) is 0.856. The molecule has 7 nitrogen and oxygen atoms in total. The summed E-state index contributed by atoms with van der Waals surface area (Å²) in [5.41, 5.74) is 3.48. The molecule has 4 rings (SSSR count). The molecule has 2 heterocycles. The number of pyridine rings is 1. The van der Waals surface area contributed by atoms with Gasteiger partial charge in [-0.1, -0.05) is 18.2 Å². The van der Waals surface area contributed by atoms with Crippen molar-refractivity contribution in [3.05, 3.63) is 41.1 Å². The van der Waals surface area contributed by atoms with Gasteiger partial charge in [-0.25, -0.2) is 0 Å². The molecule has 152 valence electrons. The fraction of sp³-hybridized carbons (Fsp3) is 0.455. The molecule has 2 aliphatic rings. The van der Waals surface area contributed by atoms with Crippen LogP contribution in [-0.2, 0) is 22.4 Å². The third-order valence-electron chi connectivity index (χ3n) is 6.05. The van der Waals surface area contributed by atoms with E-state index in [1.807, 2.05) is 24.3 Å². The molecule has 2 aromatic rings. The molecular formula is C22H25N3O4. The van der Waals surface area contributed by atoms with E-state index >= 15 is 0 Å². The number of carboxylic acids is 1. The standard InChI is InChI=1S/C22H25N3O4/c1-24(13-19(26)25-11-9-14(10-12-25)22(28)29)21(27)20-15-5-2-3-7-17(15)23-18-8-4-6-16(18)20/h2-3,5,7,14H,4,6,8-13H2,1H3,(H,28,29). The number of para-hydroxylation sites is 1. The maximum absolute atomic E-state index is 13.3. The van der Waals surface area contributed by atoms with Crippen LogP contribution in [0, 0.1) is 5.92 Å². The fourth-order valence-corrected chi connectivity index (χ4v) is 4.40. The first kappa shape index (κ1) is 19.4. The number of likely N-dealkylation sites (tertiary alicyclic amines) is 1. The van der Waals surface area contributed by atoms with Gasteiger partial charge in [0.05, 0.1) is 23.5 Å². The second-order valence-electron chi connectivity index (χ2n) is 7.94. The second-order valence-corrected chi connectivity index (χ2v) is 7.94. The van der Waals surface area contributed by atoms with Crippen LogP contribution in [0.1, 0.15) is 40.9 Å². The lowest BCUT2D eigenvalue weighted by Gasteiger charge is -2.31. The van der Waals surface area contributed by atoms with Crippen molar-refractivity contribution in [1.82, 2.24) is 14.8 Å². The van der Waals surface area contributed by atoms with E-state index < -0.39 is 5.97 Å². The number of carbonyl (C=O) groups excluding carboxylic acids is 2. The lowest BCUT2D eigenvalue weighted by molar-refractivity contribution is -0.145. The molecule has 1 aliphatic heterocycles. The molecule has 7 heteroatoms. The Morgan fingerprint density at radius 1 is 1.17 bits per heavy atom. The Bertz CT molecular complexity index is 979. The number of aromatic nitrogens is 1. The van der Waals surface area contributed by atoms with Gasteiger partial charge in [0.2, 0.25) is 5.91 Å². The highest BCUT2D eigenvalue weighted by Gasteiger charge is 2.30. The number of aliphatic carboxylic acids is 1. The lowest BCUT2D eigenvalue weighted by Crippen LogP contribution is -2.45. The van der Waals surface area contributed by atoms with Crippen LogP contribution in [0.15, 0.2) is 24.3 Å². The molecule has 0 saturated carbocycles. The van der Waals surface area contributed by atoms with Crippen molar-refractivity contribution >= 4 is 28.7 Å². The zero-order chi connectivity index (χ0) is 20.5. The number of carbonyl (C=O) groups is 3. The molecule has 1 saturated heterocycles. The van der Waals surface area contributed by atoms with Gasteiger partial charge in [-0.05, 0) is 43.7 Å². The molecule has 2 amide bonds. The molecule has 1 aromatic carbocycles. The van der Waals surface area contributed by atoms with E-state index in [-0.39, 0.29) is 24.3 Å². The van der Waals surface area contributed by atoms with Crippen LogP contribution in [0.3, 0.4) is 0 Å². The Kier molecular flexibility index (Phi) is 5.22. The molecule has 0 spiro atoms. The Morgan fingerprint density at radius 3 is 2.62 bits per heavy atom. The molecule has 0 bridgehead atoms. The first-order valence-corrected chi connectivity index (χ1v) is 10.1. The minimum Gasteiger partial charge on any atom is -0.481 e. The summed E-state index contributed by atoms with van der Waals surface area (Å²) >= 11 is 0. The first-order chi connectivity index (χ1) is 14.0. The van der Waals surface area contributed by atoms with E-state index in [1.165, 1.54) is 4.90 Å². The van der Waals surface area contributed by atoms with Crippen molar-refractivity contribution in [2.45, 2.75) is 32.1 Å². The Hall–Kier alpha value is -2.96. The Balaban J connectivity index is 1.52. The van der Waals surface area contributed by atoms with Crippen LogP contribution in [0.2, 0.25) is 0 Å². The largest absolute Gasteiger partial charge is 0.481 e. The number of carboxylic acid groups (broad SMARTS) is 1. The van der Waals surface area contributed by atoms with Crippen molar-refractivity contribution in [2.75, 3.05) is 26.7 Å². The number of piperidine rings is 1. The predicted octanol–water partition coefficient (Wildman–Crippen LogP) is 2.12. The van der Waals surface area contributed by atoms with Crippen molar-refractivity contribution in [3.8, 4) is 0 Å². The van der Waals surface area contributed by atoms with Crippen LogP contribution >= 0.6 is 0 Å². The summed E-state index contributed by atoms with van der Waals surface area (Å²) < 4.78 is 0. The van der Waals surface area contributed by atoms with Crippen LogP contribution < -0.4 is 0 Å².